The van der Waals surface area contributed by atoms with Crippen molar-refractivity contribution in [1.82, 2.24) is 24.8 Å². The third-order valence-corrected chi connectivity index (χ3v) is 3.64. The summed E-state index contributed by atoms with van der Waals surface area (Å²) in [6, 6.07) is 8.20. The van der Waals surface area contributed by atoms with Gasteiger partial charge in [-0.25, -0.2) is 4.98 Å². The summed E-state index contributed by atoms with van der Waals surface area (Å²) in [5, 5.41) is 5.77. The van der Waals surface area contributed by atoms with E-state index >= 15 is 0 Å². The minimum atomic E-state index is -0.0131. The molecule has 0 aliphatic carbocycles. The van der Waals surface area contributed by atoms with Gasteiger partial charge in [0, 0.05) is 32.1 Å². The van der Waals surface area contributed by atoms with Crippen LogP contribution >= 0.6 is 0 Å². The number of nitrogens with one attached hydrogen (secondary N) is 1. The Kier molecular flexibility index (Phi) is 3.25. The molecule has 3 N–H and O–H groups in total. The van der Waals surface area contributed by atoms with E-state index in [2.05, 4.69) is 27.6 Å². The molecular formula is C14H18N6. The molecule has 0 amide bonds. The number of rotatable bonds is 4. The van der Waals surface area contributed by atoms with E-state index in [9.17, 15) is 0 Å². The predicted octanol–water partition coefficient (Wildman–Crippen LogP) is 1.05. The van der Waals surface area contributed by atoms with Gasteiger partial charge < -0.3 is 4.57 Å². The van der Waals surface area contributed by atoms with Gasteiger partial charge in [-0.15, -0.1) is 0 Å². The Balaban J connectivity index is 1.98. The molecular weight excluding hydrogens is 252 g/mol. The van der Waals surface area contributed by atoms with E-state index in [1.807, 2.05) is 41.7 Å². The maximum absolute atomic E-state index is 5.71. The van der Waals surface area contributed by atoms with Gasteiger partial charge in [-0.2, -0.15) is 5.10 Å². The quantitative estimate of drug-likeness (QED) is 0.549. The smallest absolute Gasteiger partial charge is 0.0946 e. The van der Waals surface area contributed by atoms with Crippen LogP contribution in [0.5, 0.6) is 0 Å². The summed E-state index contributed by atoms with van der Waals surface area (Å²) in [4.78, 5) is 4.14. The number of hydrogen-bond donors (Lipinski definition) is 2. The third-order valence-electron chi connectivity index (χ3n) is 3.64. The lowest BCUT2D eigenvalue weighted by Gasteiger charge is -2.15. The summed E-state index contributed by atoms with van der Waals surface area (Å²) < 4.78 is 3.87. The van der Waals surface area contributed by atoms with Crippen molar-refractivity contribution in [3.05, 3.63) is 48.2 Å². The molecule has 2 heterocycles. The average molecular weight is 270 g/mol. The fourth-order valence-corrected chi connectivity index (χ4v) is 2.58. The summed E-state index contributed by atoms with van der Waals surface area (Å²) in [6.45, 7) is 0. The molecule has 2 aromatic heterocycles. The van der Waals surface area contributed by atoms with Crippen LogP contribution in [-0.2, 0) is 20.5 Å². The highest BCUT2D eigenvalue weighted by Gasteiger charge is 2.17. The second kappa shape index (κ2) is 5.07. The molecule has 1 aromatic carbocycles. The van der Waals surface area contributed by atoms with Gasteiger partial charge in [0.2, 0.25) is 0 Å². The molecule has 0 saturated heterocycles. The van der Waals surface area contributed by atoms with Gasteiger partial charge in [0.05, 0.1) is 29.3 Å². The van der Waals surface area contributed by atoms with Crippen LogP contribution in [-0.4, -0.2) is 19.3 Å². The van der Waals surface area contributed by atoms with E-state index in [1.54, 1.807) is 6.33 Å². The maximum Gasteiger partial charge on any atom is 0.0946 e. The molecule has 6 heteroatoms. The van der Waals surface area contributed by atoms with E-state index in [4.69, 9.17) is 5.84 Å². The van der Waals surface area contributed by atoms with Gasteiger partial charge >= 0.3 is 0 Å². The number of imidazole rings is 1. The molecule has 20 heavy (non-hydrogen) atoms. The molecule has 0 aliphatic rings. The van der Waals surface area contributed by atoms with Crippen molar-refractivity contribution >= 4 is 10.9 Å². The first-order valence-electron chi connectivity index (χ1n) is 6.53. The number of benzene rings is 1. The molecule has 1 atom stereocenters. The van der Waals surface area contributed by atoms with Crippen molar-refractivity contribution in [3.63, 3.8) is 0 Å². The van der Waals surface area contributed by atoms with Crippen molar-refractivity contribution in [1.29, 1.82) is 0 Å². The van der Waals surface area contributed by atoms with Gasteiger partial charge in [0.1, 0.15) is 0 Å². The van der Waals surface area contributed by atoms with Crippen LogP contribution in [0.3, 0.4) is 0 Å². The second-order valence-corrected chi connectivity index (χ2v) is 4.94. The van der Waals surface area contributed by atoms with Crippen LogP contribution in [0.4, 0.5) is 0 Å². The first-order chi connectivity index (χ1) is 9.70. The molecule has 0 bridgehead atoms. The van der Waals surface area contributed by atoms with Crippen LogP contribution in [0, 0.1) is 0 Å². The predicted molar refractivity (Wildman–Crippen MR) is 77.7 cm³/mol. The zero-order valence-corrected chi connectivity index (χ0v) is 11.6. The van der Waals surface area contributed by atoms with E-state index in [0.29, 0.717) is 0 Å². The number of hydrogen-bond acceptors (Lipinski definition) is 4. The van der Waals surface area contributed by atoms with Crippen molar-refractivity contribution in [2.24, 2.45) is 19.9 Å². The normalized spacial score (nSPS) is 12.9. The molecule has 1 unspecified atom stereocenters. The van der Waals surface area contributed by atoms with Crippen LogP contribution in [0.2, 0.25) is 0 Å². The monoisotopic (exact) mass is 270 g/mol. The van der Waals surface area contributed by atoms with Crippen molar-refractivity contribution in [2.45, 2.75) is 12.5 Å². The van der Waals surface area contributed by atoms with Crippen molar-refractivity contribution in [2.75, 3.05) is 0 Å². The molecule has 0 aliphatic heterocycles. The SMILES string of the molecule is Cn1cncc1C(Cc1nn(C)c2ccccc12)NN. The lowest BCUT2D eigenvalue weighted by Crippen LogP contribution is -2.31. The van der Waals surface area contributed by atoms with E-state index in [0.717, 1.165) is 28.7 Å². The molecule has 3 rings (SSSR count). The largest absolute Gasteiger partial charge is 0.336 e. The highest BCUT2D eigenvalue weighted by molar-refractivity contribution is 5.81. The zero-order valence-electron chi connectivity index (χ0n) is 11.6. The summed E-state index contributed by atoms with van der Waals surface area (Å²) in [7, 11) is 3.92. The Morgan fingerprint density at radius 2 is 2.10 bits per heavy atom. The molecule has 3 aromatic rings. The van der Waals surface area contributed by atoms with Gasteiger partial charge in [-0.1, -0.05) is 18.2 Å². The number of aryl methyl sites for hydroxylation is 2. The average Bonchev–Trinajstić information content (AvgIpc) is 3.01. The fraction of sp³-hybridized carbons (Fsp3) is 0.286. The molecule has 0 fully saturated rings. The lowest BCUT2D eigenvalue weighted by molar-refractivity contribution is 0.515. The van der Waals surface area contributed by atoms with Crippen molar-refractivity contribution < 1.29 is 0 Å². The van der Waals surface area contributed by atoms with E-state index < -0.39 is 0 Å². The number of nitrogens with zero attached hydrogens (tertiary/aromatic N) is 4. The van der Waals surface area contributed by atoms with E-state index in [1.165, 1.54) is 0 Å². The number of fused-ring (bicyclic) bond motifs is 1. The van der Waals surface area contributed by atoms with Gasteiger partial charge in [0.25, 0.3) is 0 Å². The first-order valence-corrected chi connectivity index (χ1v) is 6.53. The molecule has 0 saturated carbocycles. The molecule has 0 radical (unpaired) electrons. The van der Waals surface area contributed by atoms with E-state index in [-0.39, 0.29) is 6.04 Å². The number of para-hydroxylation sites is 1. The van der Waals surface area contributed by atoms with Crippen molar-refractivity contribution in [3.8, 4) is 0 Å². The zero-order chi connectivity index (χ0) is 14.1. The first kappa shape index (κ1) is 12.8. The summed E-state index contributed by atoms with van der Waals surface area (Å²) >= 11 is 0. The fourth-order valence-electron chi connectivity index (χ4n) is 2.58. The van der Waals surface area contributed by atoms with Gasteiger partial charge in [0.15, 0.2) is 0 Å². The Labute approximate surface area is 117 Å². The van der Waals surface area contributed by atoms with Crippen LogP contribution in [0.25, 0.3) is 10.9 Å². The van der Waals surface area contributed by atoms with Gasteiger partial charge in [-0.05, 0) is 6.07 Å². The maximum atomic E-state index is 5.71. The highest BCUT2D eigenvalue weighted by atomic mass is 15.3. The van der Waals surface area contributed by atoms with Gasteiger partial charge in [-0.3, -0.25) is 16.0 Å². The number of aromatic nitrogens is 4. The third kappa shape index (κ3) is 2.09. The Bertz CT molecular complexity index is 726. The topological polar surface area (TPSA) is 73.7 Å². The Morgan fingerprint density at radius 3 is 2.80 bits per heavy atom. The molecule has 0 spiro atoms. The Morgan fingerprint density at radius 1 is 1.30 bits per heavy atom. The minimum Gasteiger partial charge on any atom is -0.336 e. The summed E-state index contributed by atoms with van der Waals surface area (Å²) in [5.41, 5.74) is 6.06. The summed E-state index contributed by atoms with van der Waals surface area (Å²) in [5.74, 6) is 5.71. The number of nitrogens with two attached hydrogens (primary N) is 1. The Hall–Kier alpha value is -2.18. The van der Waals surface area contributed by atoms with Crippen LogP contribution < -0.4 is 11.3 Å². The number of hydrazine groups is 1. The van der Waals surface area contributed by atoms with Crippen LogP contribution in [0.15, 0.2) is 36.8 Å². The lowest BCUT2D eigenvalue weighted by atomic mass is 10.1. The molecule has 104 valence electrons. The minimum absolute atomic E-state index is 0.0131. The second-order valence-electron chi connectivity index (χ2n) is 4.94. The van der Waals surface area contributed by atoms with Crippen LogP contribution in [0.1, 0.15) is 17.4 Å². The highest BCUT2D eigenvalue weighted by Crippen LogP contribution is 2.23. The standard InChI is InChI=1S/C14H18N6/c1-19-9-16-8-14(19)12(17-15)7-11-10-5-3-4-6-13(10)20(2)18-11/h3-6,8-9,12,17H,7,15H2,1-2H3. The molecule has 6 nitrogen and oxygen atoms in total. The summed E-state index contributed by atoms with van der Waals surface area (Å²) in [6.07, 6.45) is 4.32.